The Hall–Kier alpha value is -1.86. The molecule has 18 heavy (non-hydrogen) atoms. The number of likely N-dealkylation sites (N-methyl/N-ethyl adjacent to an activating group) is 1. The van der Waals surface area contributed by atoms with Crippen LogP contribution in [0.25, 0.3) is 11.0 Å². The molecule has 0 spiro atoms. The fourth-order valence-electron chi connectivity index (χ4n) is 2.58. The molecule has 0 bridgehead atoms. The van der Waals surface area contributed by atoms with Gasteiger partial charge in [-0.3, -0.25) is 0 Å². The maximum Gasteiger partial charge on any atom is 0.127 e. The minimum Gasteiger partial charge on any atom is -0.328 e. The third-order valence-corrected chi connectivity index (χ3v) is 3.87. The van der Waals surface area contributed by atoms with E-state index in [1.807, 2.05) is 37.6 Å². The van der Waals surface area contributed by atoms with Crippen molar-refractivity contribution in [3.63, 3.8) is 0 Å². The first-order valence-electron chi connectivity index (χ1n) is 6.29. The monoisotopic (exact) mass is 240 g/mol. The zero-order chi connectivity index (χ0) is 12.6. The molecule has 1 N–H and O–H groups in total. The predicted molar refractivity (Wildman–Crippen MR) is 69.9 cm³/mol. The first-order chi connectivity index (χ1) is 8.79. The van der Waals surface area contributed by atoms with Crippen LogP contribution >= 0.6 is 0 Å². The highest BCUT2D eigenvalue weighted by molar-refractivity contribution is 5.75. The van der Waals surface area contributed by atoms with Gasteiger partial charge in [-0.05, 0) is 37.9 Å². The van der Waals surface area contributed by atoms with Crippen LogP contribution in [-0.4, -0.2) is 22.1 Å². The Labute approximate surface area is 106 Å². The molecule has 1 saturated carbocycles. The fourth-order valence-corrected chi connectivity index (χ4v) is 2.58. The third kappa shape index (κ3) is 1.68. The summed E-state index contributed by atoms with van der Waals surface area (Å²) in [5.41, 5.74) is 1.62. The Kier molecular flexibility index (Phi) is 2.57. The van der Waals surface area contributed by atoms with Crippen LogP contribution in [0.1, 0.15) is 12.8 Å². The van der Waals surface area contributed by atoms with Crippen LogP contribution in [0, 0.1) is 17.2 Å². The van der Waals surface area contributed by atoms with Gasteiger partial charge >= 0.3 is 0 Å². The van der Waals surface area contributed by atoms with Gasteiger partial charge < -0.3 is 9.88 Å². The van der Waals surface area contributed by atoms with Gasteiger partial charge in [0, 0.05) is 0 Å². The standard InChI is InChI=1S/C14H16N4/c1-16-14(8-15,11-6-7-11)9-18-10-17-12-4-2-3-5-13(12)18/h2-5,10-11,16H,6-7,9H2,1H3. The third-order valence-electron chi connectivity index (χ3n) is 3.87. The number of fused-ring (bicyclic) bond motifs is 1. The summed E-state index contributed by atoms with van der Waals surface area (Å²) in [7, 11) is 1.88. The van der Waals surface area contributed by atoms with E-state index in [9.17, 15) is 5.26 Å². The minimum atomic E-state index is -0.455. The van der Waals surface area contributed by atoms with Crippen molar-refractivity contribution >= 4 is 11.0 Å². The lowest BCUT2D eigenvalue weighted by Crippen LogP contribution is -2.47. The summed E-state index contributed by atoms with van der Waals surface area (Å²) in [5, 5.41) is 12.7. The number of hydrogen-bond acceptors (Lipinski definition) is 3. The van der Waals surface area contributed by atoms with Crippen molar-refractivity contribution in [2.75, 3.05) is 7.05 Å². The van der Waals surface area contributed by atoms with Gasteiger partial charge in [-0.15, -0.1) is 0 Å². The van der Waals surface area contributed by atoms with E-state index >= 15 is 0 Å². The van der Waals surface area contributed by atoms with E-state index in [1.165, 1.54) is 0 Å². The van der Waals surface area contributed by atoms with E-state index in [1.54, 1.807) is 0 Å². The summed E-state index contributed by atoms with van der Waals surface area (Å²) in [6, 6.07) is 10.5. The molecule has 0 aliphatic heterocycles. The topological polar surface area (TPSA) is 53.6 Å². The molecule has 3 rings (SSSR count). The second-order valence-electron chi connectivity index (χ2n) is 4.97. The van der Waals surface area contributed by atoms with Crippen molar-refractivity contribution in [2.24, 2.45) is 5.92 Å². The highest BCUT2D eigenvalue weighted by atomic mass is 15.1. The van der Waals surface area contributed by atoms with Gasteiger partial charge in [0.2, 0.25) is 0 Å². The Balaban J connectivity index is 1.98. The average molecular weight is 240 g/mol. The molecule has 1 aromatic heterocycles. The van der Waals surface area contributed by atoms with Crippen LogP contribution < -0.4 is 5.32 Å². The van der Waals surface area contributed by atoms with Gasteiger partial charge in [-0.1, -0.05) is 12.1 Å². The number of benzene rings is 1. The lowest BCUT2D eigenvalue weighted by atomic mass is 9.95. The van der Waals surface area contributed by atoms with Crippen LogP contribution in [0.3, 0.4) is 0 Å². The molecule has 1 aliphatic carbocycles. The predicted octanol–water partition coefficient (Wildman–Crippen LogP) is 1.93. The van der Waals surface area contributed by atoms with Crippen LogP contribution in [0.2, 0.25) is 0 Å². The van der Waals surface area contributed by atoms with Crippen LogP contribution in [0.15, 0.2) is 30.6 Å². The molecule has 2 aromatic rings. The zero-order valence-corrected chi connectivity index (χ0v) is 10.4. The molecule has 0 amide bonds. The molecule has 4 heteroatoms. The number of nitriles is 1. The number of hydrogen-bond donors (Lipinski definition) is 1. The zero-order valence-electron chi connectivity index (χ0n) is 10.4. The normalized spacial score (nSPS) is 18.4. The minimum absolute atomic E-state index is 0.455. The molecular weight excluding hydrogens is 224 g/mol. The summed E-state index contributed by atoms with van der Waals surface area (Å²) >= 11 is 0. The van der Waals surface area contributed by atoms with Crippen LogP contribution in [0.4, 0.5) is 0 Å². The highest BCUT2D eigenvalue weighted by Crippen LogP contribution is 2.40. The van der Waals surface area contributed by atoms with Gasteiger partial charge in [0.1, 0.15) is 5.54 Å². The summed E-state index contributed by atoms with van der Waals surface area (Å²) < 4.78 is 2.08. The number of rotatable bonds is 4. The second kappa shape index (κ2) is 4.11. The molecule has 0 saturated heterocycles. The number of nitrogens with one attached hydrogen (secondary N) is 1. The fraction of sp³-hybridized carbons (Fsp3) is 0.429. The van der Waals surface area contributed by atoms with E-state index < -0.39 is 5.54 Å². The van der Waals surface area contributed by atoms with Gasteiger partial charge in [0.15, 0.2) is 0 Å². The van der Waals surface area contributed by atoms with Gasteiger partial charge in [0.25, 0.3) is 0 Å². The second-order valence-corrected chi connectivity index (χ2v) is 4.97. The lowest BCUT2D eigenvalue weighted by Gasteiger charge is -2.26. The highest BCUT2D eigenvalue weighted by Gasteiger charge is 2.45. The number of para-hydroxylation sites is 2. The van der Waals surface area contributed by atoms with Crippen LogP contribution in [0.5, 0.6) is 0 Å². The van der Waals surface area contributed by atoms with Crippen molar-refractivity contribution < 1.29 is 0 Å². The molecule has 1 aromatic carbocycles. The van der Waals surface area contributed by atoms with E-state index in [0.29, 0.717) is 12.5 Å². The molecular formula is C14H16N4. The maximum absolute atomic E-state index is 9.51. The van der Waals surface area contributed by atoms with Crippen molar-refractivity contribution in [1.29, 1.82) is 5.26 Å². The first-order valence-corrected chi connectivity index (χ1v) is 6.29. The number of imidazole rings is 1. The summed E-state index contributed by atoms with van der Waals surface area (Å²) in [4.78, 5) is 4.38. The Morgan fingerprint density at radius 1 is 1.50 bits per heavy atom. The van der Waals surface area contributed by atoms with Gasteiger partial charge in [0.05, 0.1) is 30.0 Å². The van der Waals surface area contributed by atoms with E-state index in [4.69, 9.17) is 0 Å². The molecule has 0 radical (unpaired) electrons. The number of nitrogens with zero attached hydrogens (tertiary/aromatic N) is 3. The summed E-state index contributed by atoms with van der Waals surface area (Å²) in [5.74, 6) is 0.466. The molecule has 1 fully saturated rings. The molecule has 1 heterocycles. The Morgan fingerprint density at radius 3 is 2.94 bits per heavy atom. The molecule has 1 aliphatic rings. The average Bonchev–Trinajstić information content (AvgIpc) is 3.20. The SMILES string of the molecule is CNC(C#N)(Cn1cnc2ccccc21)C1CC1. The quantitative estimate of drug-likeness (QED) is 0.888. The van der Waals surface area contributed by atoms with Crippen LogP contribution in [-0.2, 0) is 6.54 Å². The number of aromatic nitrogens is 2. The van der Waals surface area contributed by atoms with Gasteiger partial charge in [-0.25, -0.2) is 4.98 Å². The van der Waals surface area contributed by atoms with Crippen molar-refractivity contribution in [2.45, 2.75) is 24.9 Å². The smallest absolute Gasteiger partial charge is 0.127 e. The van der Waals surface area contributed by atoms with E-state index in [-0.39, 0.29) is 0 Å². The Morgan fingerprint density at radius 2 is 2.28 bits per heavy atom. The van der Waals surface area contributed by atoms with Gasteiger partial charge in [-0.2, -0.15) is 5.26 Å². The molecule has 1 unspecified atom stereocenters. The lowest BCUT2D eigenvalue weighted by molar-refractivity contribution is 0.344. The summed E-state index contributed by atoms with van der Waals surface area (Å²) in [6.45, 7) is 0.658. The first kappa shape index (κ1) is 11.2. The molecule has 92 valence electrons. The van der Waals surface area contributed by atoms with Crippen molar-refractivity contribution in [3.05, 3.63) is 30.6 Å². The largest absolute Gasteiger partial charge is 0.328 e. The van der Waals surface area contributed by atoms with E-state index in [0.717, 1.165) is 23.9 Å². The maximum atomic E-state index is 9.51. The van der Waals surface area contributed by atoms with Crippen molar-refractivity contribution in [3.8, 4) is 6.07 Å². The molecule has 4 nitrogen and oxygen atoms in total. The van der Waals surface area contributed by atoms with E-state index in [2.05, 4.69) is 20.9 Å². The molecule has 1 atom stereocenters. The summed E-state index contributed by atoms with van der Waals surface area (Å²) in [6.07, 6.45) is 4.11. The Bertz CT molecular complexity index is 606. The van der Waals surface area contributed by atoms with Crippen molar-refractivity contribution in [1.82, 2.24) is 14.9 Å².